The molecule has 0 amide bonds. The molecule has 0 unspecified atom stereocenters. The Morgan fingerprint density at radius 3 is 1.76 bits per heavy atom. The quantitative estimate of drug-likeness (QED) is 0.193. The zero-order valence-electron chi connectivity index (χ0n) is 27.0. The molecule has 0 saturated heterocycles. The summed E-state index contributed by atoms with van der Waals surface area (Å²) in [5.41, 5.74) is 7.60. The van der Waals surface area contributed by atoms with Gasteiger partial charge in [0.1, 0.15) is 5.82 Å². The van der Waals surface area contributed by atoms with Gasteiger partial charge in [-0.2, -0.15) is 0 Å². The third-order valence-corrected chi connectivity index (χ3v) is 10.3. The van der Waals surface area contributed by atoms with E-state index in [9.17, 15) is 0 Å². The highest BCUT2D eigenvalue weighted by Gasteiger charge is 2.22. The van der Waals surface area contributed by atoms with E-state index in [-0.39, 0.29) is 0 Å². The third kappa shape index (κ3) is 3.81. The Bertz CT molecular complexity index is 3150. The molecule has 0 aliphatic rings. The second-order valence-electron chi connectivity index (χ2n) is 13.0. The molecule has 0 saturated carbocycles. The maximum atomic E-state index is 5.55. The van der Waals surface area contributed by atoms with Crippen LogP contribution in [0.4, 0.5) is 0 Å². The molecule has 8 aromatic carbocycles. The van der Waals surface area contributed by atoms with Gasteiger partial charge in [-0.15, -0.1) is 0 Å². The number of rotatable bonds is 3. The normalized spacial score (nSPS) is 12.0. The SMILES string of the molecule is c1ccc(-n2c3ccccc3c3c4ccccc4c(-c4nc(-n5c6ccccc6c6cc7ccccc7cc65)c5ccccc5n4)cc32)cc1. The summed E-state index contributed by atoms with van der Waals surface area (Å²) in [5, 5.41) is 10.6. The van der Waals surface area contributed by atoms with E-state index in [1.807, 2.05) is 0 Å². The van der Waals surface area contributed by atoms with Crippen LogP contribution in [-0.4, -0.2) is 19.1 Å². The predicted octanol–water partition coefficient (Wildman–Crippen LogP) is 11.8. The van der Waals surface area contributed by atoms with Crippen LogP contribution in [-0.2, 0) is 0 Å². The van der Waals surface area contributed by atoms with Gasteiger partial charge in [0.2, 0.25) is 0 Å². The Kier molecular flexibility index (Phi) is 5.63. The van der Waals surface area contributed by atoms with E-state index >= 15 is 0 Å². The van der Waals surface area contributed by atoms with Gasteiger partial charge in [-0.25, -0.2) is 9.97 Å². The van der Waals surface area contributed by atoms with Crippen LogP contribution in [0.1, 0.15) is 0 Å². The summed E-state index contributed by atoms with van der Waals surface area (Å²) < 4.78 is 4.72. The molecule has 11 aromatic rings. The predicted molar refractivity (Wildman–Crippen MR) is 209 cm³/mol. The average molecular weight is 637 g/mol. The molecule has 3 heterocycles. The standard InChI is InChI=1S/C46H28N4/c1-2-16-31(17-3-1)49-41-25-13-10-22-36(41)44-34-20-7-6-18-32(34)38(28-43(44)49)45-47-39-23-11-8-21-35(39)46(48-45)50-40-24-12-9-19-33(40)37-26-29-14-4-5-15-30(29)27-42(37)50/h1-28H. The number of nitrogens with zero attached hydrogens (tertiary/aromatic N) is 4. The summed E-state index contributed by atoms with van der Waals surface area (Å²) in [6, 6.07) is 60.6. The largest absolute Gasteiger partial charge is 0.309 e. The fraction of sp³-hybridized carbons (Fsp3) is 0. The number of hydrogen-bond acceptors (Lipinski definition) is 2. The summed E-state index contributed by atoms with van der Waals surface area (Å²) in [6.45, 7) is 0. The molecular formula is C46H28N4. The molecule has 3 aromatic heterocycles. The summed E-state index contributed by atoms with van der Waals surface area (Å²) in [4.78, 5) is 10.9. The van der Waals surface area contributed by atoms with Crippen molar-refractivity contribution < 1.29 is 0 Å². The molecule has 11 rings (SSSR count). The van der Waals surface area contributed by atoms with Crippen molar-refractivity contribution in [3.05, 3.63) is 170 Å². The van der Waals surface area contributed by atoms with Crippen LogP contribution in [0.2, 0.25) is 0 Å². The van der Waals surface area contributed by atoms with Crippen molar-refractivity contribution in [1.82, 2.24) is 19.1 Å². The van der Waals surface area contributed by atoms with E-state index in [1.165, 1.54) is 43.2 Å². The van der Waals surface area contributed by atoms with Crippen LogP contribution < -0.4 is 0 Å². The van der Waals surface area contributed by atoms with Crippen molar-refractivity contribution in [1.29, 1.82) is 0 Å². The minimum atomic E-state index is 0.702. The Hall–Kier alpha value is -6.78. The highest BCUT2D eigenvalue weighted by atomic mass is 15.1. The number of fused-ring (bicyclic) bond motifs is 10. The summed E-state index contributed by atoms with van der Waals surface area (Å²) in [7, 11) is 0. The molecule has 0 bridgehead atoms. The van der Waals surface area contributed by atoms with Gasteiger partial charge in [-0.1, -0.05) is 115 Å². The van der Waals surface area contributed by atoms with Gasteiger partial charge in [0.05, 0.1) is 27.6 Å². The molecule has 0 N–H and O–H groups in total. The van der Waals surface area contributed by atoms with Crippen molar-refractivity contribution in [2.75, 3.05) is 0 Å². The third-order valence-electron chi connectivity index (χ3n) is 10.3. The van der Waals surface area contributed by atoms with Crippen molar-refractivity contribution in [2.24, 2.45) is 0 Å². The monoisotopic (exact) mass is 636 g/mol. The molecule has 232 valence electrons. The van der Waals surface area contributed by atoms with E-state index in [1.54, 1.807) is 0 Å². The highest BCUT2D eigenvalue weighted by molar-refractivity contribution is 6.24. The Morgan fingerprint density at radius 1 is 0.360 bits per heavy atom. The van der Waals surface area contributed by atoms with Gasteiger partial charge in [-0.3, -0.25) is 4.57 Å². The lowest BCUT2D eigenvalue weighted by Gasteiger charge is -2.15. The van der Waals surface area contributed by atoms with Crippen molar-refractivity contribution in [3.63, 3.8) is 0 Å². The fourth-order valence-electron chi connectivity index (χ4n) is 8.10. The van der Waals surface area contributed by atoms with E-state index in [4.69, 9.17) is 9.97 Å². The van der Waals surface area contributed by atoms with Crippen LogP contribution in [0.15, 0.2) is 170 Å². The molecule has 50 heavy (non-hydrogen) atoms. The Morgan fingerprint density at radius 2 is 0.960 bits per heavy atom. The van der Waals surface area contributed by atoms with E-state index in [0.717, 1.165) is 49.9 Å². The number of benzene rings is 8. The lowest BCUT2D eigenvalue weighted by Crippen LogP contribution is -2.03. The molecule has 0 radical (unpaired) electrons. The zero-order valence-corrected chi connectivity index (χ0v) is 27.0. The number of para-hydroxylation sites is 4. The molecule has 0 fully saturated rings. The van der Waals surface area contributed by atoms with Crippen LogP contribution in [0, 0.1) is 0 Å². The maximum absolute atomic E-state index is 5.55. The molecule has 0 atom stereocenters. The van der Waals surface area contributed by atoms with Gasteiger partial charge >= 0.3 is 0 Å². The minimum Gasteiger partial charge on any atom is -0.309 e. The van der Waals surface area contributed by atoms with Crippen LogP contribution >= 0.6 is 0 Å². The molecule has 0 aliphatic heterocycles. The fourth-order valence-corrected chi connectivity index (χ4v) is 8.10. The molecule has 0 aliphatic carbocycles. The number of hydrogen-bond donors (Lipinski definition) is 0. The first-order chi connectivity index (χ1) is 24.8. The summed E-state index contributed by atoms with van der Waals surface area (Å²) >= 11 is 0. The van der Waals surface area contributed by atoms with Crippen molar-refractivity contribution in [2.45, 2.75) is 0 Å². The molecule has 4 heteroatoms. The first-order valence-electron chi connectivity index (χ1n) is 17.0. The Labute approximate surface area is 287 Å². The maximum Gasteiger partial charge on any atom is 0.162 e. The Balaban J connectivity index is 1.28. The zero-order chi connectivity index (χ0) is 32.8. The smallest absolute Gasteiger partial charge is 0.162 e. The first kappa shape index (κ1) is 27.2. The minimum absolute atomic E-state index is 0.702. The molecular weight excluding hydrogens is 609 g/mol. The summed E-state index contributed by atoms with van der Waals surface area (Å²) in [5.74, 6) is 1.58. The van der Waals surface area contributed by atoms with E-state index in [2.05, 4.69) is 179 Å². The molecule has 4 nitrogen and oxygen atoms in total. The van der Waals surface area contributed by atoms with Gasteiger partial charge < -0.3 is 4.57 Å². The topological polar surface area (TPSA) is 35.6 Å². The van der Waals surface area contributed by atoms with Crippen LogP contribution in [0.5, 0.6) is 0 Å². The number of aromatic nitrogens is 4. The van der Waals surface area contributed by atoms with Crippen LogP contribution in [0.3, 0.4) is 0 Å². The lowest BCUT2D eigenvalue weighted by molar-refractivity contribution is 1.08. The van der Waals surface area contributed by atoms with Gasteiger partial charge in [0, 0.05) is 38.2 Å². The van der Waals surface area contributed by atoms with Gasteiger partial charge in [0.15, 0.2) is 5.82 Å². The lowest BCUT2D eigenvalue weighted by atomic mass is 9.98. The van der Waals surface area contributed by atoms with Crippen molar-refractivity contribution in [3.8, 4) is 22.9 Å². The van der Waals surface area contributed by atoms with E-state index < -0.39 is 0 Å². The molecule has 0 spiro atoms. The van der Waals surface area contributed by atoms with Gasteiger partial charge in [0.25, 0.3) is 0 Å². The average Bonchev–Trinajstić information content (AvgIpc) is 3.69. The highest BCUT2D eigenvalue weighted by Crippen LogP contribution is 2.42. The second kappa shape index (κ2) is 10.4. The van der Waals surface area contributed by atoms with Gasteiger partial charge in [-0.05, 0) is 76.1 Å². The summed E-state index contributed by atoms with van der Waals surface area (Å²) in [6.07, 6.45) is 0. The van der Waals surface area contributed by atoms with Crippen molar-refractivity contribution >= 4 is 76.1 Å². The van der Waals surface area contributed by atoms with E-state index in [0.29, 0.717) is 5.82 Å². The van der Waals surface area contributed by atoms with Crippen LogP contribution in [0.25, 0.3) is 99.0 Å². The second-order valence-corrected chi connectivity index (χ2v) is 13.0. The first-order valence-corrected chi connectivity index (χ1v) is 17.0.